The quantitative estimate of drug-likeness (QED) is 0.784. The molecule has 0 aromatic heterocycles. The number of methoxy groups -OCH3 is 1. The van der Waals surface area contributed by atoms with Crippen molar-refractivity contribution in [3.63, 3.8) is 0 Å². The van der Waals surface area contributed by atoms with Crippen molar-refractivity contribution >= 4 is 5.97 Å². The molecule has 0 spiro atoms. The van der Waals surface area contributed by atoms with Crippen molar-refractivity contribution < 1.29 is 14.3 Å². The molecule has 0 saturated carbocycles. The zero-order valence-corrected chi connectivity index (χ0v) is 12.8. The van der Waals surface area contributed by atoms with Crippen LogP contribution in [0, 0.1) is 0 Å². The van der Waals surface area contributed by atoms with Gasteiger partial charge in [-0.3, -0.25) is 0 Å². The largest absolute Gasteiger partial charge is 0.466 e. The Morgan fingerprint density at radius 3 is 2.76 bits per heavy atom. The predicted molar refractivity (Wildman–Crippen MR) is 79.3 cm³/mol. The normalized spacial score (nSPS) is 28.5. The lowest BCUT2D eigenvalue weighted by atomic mass is 9.92. The van der Waals surface area contributed by atoms with Crippen LogP contribution in [0.1, 0.15) is 38.3 Å². The van der Waals surface area contributed by atoms with E-state index in [2.05, 4.69) is 24.0 Å². The second kappa shape index (κ2) is 5.19. The van der Waals surface area contributed by atoms with Crippen LogP contribution < -0.4 is 0 Å². The fourth-order valence-electron chi connectivity index (χ4n) is 3.49. The summed E-state index contributed by atoms with van der Waals surface area (Å²) >= 11 is 0. The van der Waals surface area contributed by atoms with Crippen molar-refractivity contribution in [2.24, 2.45) is 0 Å². The lowest BCUT2D eigenvalue weighted by Crippen LogP contribution is -2.45. The number of carbonyl (C=O) groups excluding carboxylic acids is 1. The number of benzene rings is 1. The van der Waals surface area contributed by atoms with E-state index in [1.165, 1.54) is 12.7 Å². The van der Waals surface area contributed by atoms with Gasteiger partial charge in [-0.05, 0) is 32.3 Å². The Morgan fingerprint density at radius 1 is 1.38 bits per heavy atom. The zero-order valence-electron chi connectivity index (χ0n) is 12.8. The number of ether oxygens (including phenoxy) is 2. The van der Waals surface area contributed by atoms with Crippen molar-refractivity contribution in [1.82, 2.24) is 4.90 Å². The third-order valence-corrected chi connectivity index (χ3v) is 4.63. The van der Waals surface area contributed by atoms with Crippen LogP contribution in [0.15, 0.2) is 41.6 Å². The Labute approximate surface area is 125 Å². The number of carbonyl (C=O) groups is 1. The third-order valence-electron chi connectivity index (χ3n) is 4.63. The molecule has 0 N–H and O–H groups in total. The number of hydrogen-bond acceptors (Lipinski definition) is 4. The molecular weight excluding hydrogens is 266 g/mol. The number of allylic oxidation sites excluding steroid dienone is 1. The van der Waals surface area contributed by atoms with E-state index < -0.39 is 0 Å². The van der Waals surface area contributed by atoms with Gasteiger partial charge >= 0.3 is 5.97 Å². The maximum absolute atomic E-state index is 12.0. The number of esters is 1. The molecule has 4 heteroatoms. The Bertz CT molecular complexity index is 581. The fourth-order valence-corrected chi connectivity index (χ4v) is 3.49. The Morgan fingerprint density at radius 2 is 2.10 bits per heavy atom. The maximum atomic E-state index is 12.0. The molecule has 4 nitrogen and oxygen atoms in total. The average Bonchev–Trinajstić information content (AvgIpc) is 2.86. The van der Waals surface area contributed by atoms with Gasteiger partial charge in [0.1, 0.15) is 5.72 Å². The lowest BCUT2D eigenvalue weighted by molar-refractivity contribution is -0.137. The maximum Gasteiger partial charge on any atom is 0.335 e. The molecule has 2 aliphatic rings. The first kappa shape index (κ1) is 14.1. The van der Waals surface area contributed by atoms with Crippen LogP contribution in [0.4, 0.5) is 0 Å². The highest BCUT2D eigenvalue weighted by Gasteiger charge is 2.48. The molecule has 0 amide bonds. The van der Waals surface area contributed by atoms with Crippen molar-refractivity contribution in [2.45, 2.75) is 38.5 Å². The smallest absolute Gasteiger partial charge is 0.335 e. The van der Waals surface area contributed by atoms with Gasteiger partial charge < -0.3 is 14.4 Å². The Balaban J connectivity index is 2.02. The van der Waals surface area contributed by atoms with E-state index in [9.17, 15) is 4.79 Å². The summed E-state index contributed by atoms with van der Waals surface area (Å²) in [7, 11) is 1.44. The van der Waals surface area contributed by atoms with Crippen LogP contribution in [-0.2, 0) is 14.3 Å². The van der Waals surface area contributed by atoms with E-state index in [1.54, 1.807) is 0 Å². The molecule has 2 atom stereocenters. The minimum Gasteiger partial charge on any atom is -0.466 e. The molecule has 21 heavy (non-hydrogen) atoms. The second-order valence-corrected chi connectivity index (χ2v) is 5.84. The first-order valence-electron chi connectivity index (χ1n) is 7.33. The molecule has 2 heterocycles. The standard InChI is InChI=1S/C17H21NO3/c1-12-14(16(19)20-3)9-10-17(2)18(12)15(11-21-17)13-7-5-4-6-8-13/h4-8,15H,9-11H2,1-3H3/t15-,17-/m1/s1. The van der Waals surface area contributed by atoms with Crippen molar-refractivity contribution in [3.05, 3.63) is 47.2 Å². The summed E-state index contributed by atoms with van der Waals surface area (Å²) in [6.45, 7) is 4.74. The lowest BCUT2D eigenvalue weighted by Gasteiger charge is -2.43. The Hall–Kier alpha value is -1.81. The van der Waals surface area contributed by atoms with E-state index in [0.29, 0.717) is 13.0 Å². The molecule has 1 fully saturated rings. The summed E-state index contributed by atoms with van der Waals surface area (Å²) in [5, 5.41) is 0. The van der Waals surface area contributed by atoms with Crippen LogP contribution in [-0.4, -0.2) is 30.3 Å². The second-order valence-electron chi connectivity index (χ2n) is 5.84. The SMILES string of the molecule is COC(=O)C1=C(C)N2[C@@H](c3ccccc3)CO[C@]2(C)CC1. The van der Waals surface area contributed by atoms with E-state index >= 15 is 0 Å². The highest BCUT2D eigenvalue weighted by Crippen LogP contribution is 2.46. The summed E-state index contributed by atoms with van der Waals surface area (Å²) in [4.78, 5) is 14.2. The number of hydrogen-bond donors (Lipinski definition) is 0. The molecule has 1 aromatic carbocycles. The van der Waals surface area contributed by atoms with E-state index in [0.717, 1.165) is 17.7 Å². The first-order chi connectivity index (χ1) is 10.1. The summed E-state index contributed by atoms with van der Waals surface area (Å²) in [6, 6.07) is 10.5. The van der Waals surface area contributed by atoms with Crippen LogP contribution in [0.3, 0.4) is 0 Å². The van der Waals surface area contributed by atoms with Gasteiger partial charge in [0, 0.05) is 5.70 Å². The van der Waals surface area contributed by atoms with Gasteiger partial charge in [0.25, 0.3) is 0 Å². The van der Waals surface area contributed by atoms with Crippen LogP contribution in [0.2, 0.25) is 0 Å². The van der Waals surface area contributed by atoms with Crippen LogP contribution >= 0.6 is 0 Å². The van der Waals surface area contributed by atoms with Gasteiger partial charge in [-0.2, -0.15) is 0 Å². The van der Waals surface area contributed by atoms with Crippen molar-refractivity contribution in [2.75, 3.05) is 13.7 Å². The van der Waals surface area contributed by atoms with Crippen LogP contribution in [0.25, 0.3) is 0 Å². The zero-order chi connectivity index (χ0) is 15.0. The van der Waals surface area contributed by atoms with E-state index in [4.69, 9.17) is 9.47 Å². The van der Waals surface area contributed by atoms with Gasteiger partial charge in [-0.15, -0.1) is 0 Å². The summed E-state index contributed by atoms with van der Waals surface area (Å²) < 4.78 is 11.0. The molecule has 112 valence electrons. The van der Waals surface area contributed by atoms with Gasteiger partial charge in [0.2, 0.25) is 0 Å². The molecule has 0 radical (unpaired) electrons. The molecule has 2 aliphatic heterocycles. The Kier molecular flexibility index (Phi) is 3.49. The van der Waals surface area contributed by atoms with Crippen molar-refractivity contribution in [1.29, 1.82) is 0 Å². The van der Waals surface area contributed by atoms with E-state index in [1.807, 2.05) is 25.1 Å². The van der Waals surface area contributed by atoms with Crippen LogP contribution in [0.5, 0.6) is 0 Å². The highest BCUT2D eigenvalue weighted by atomic mass is 16.5. The average molecular weight is 287 g/mol. The highest BCUT2D eigenvalue weighted by molar-refractivity contribution is 5.89. The van der Waals surface area contributed by atoms with Gasteiger partial charge in [-0.1, -0.05) is 30.3 Å². The summed E-state index contributed by atoms with van der Waals surface area (Å²) in [6.07, 6.45) is 1.51. The van der Waals surface area contributed by atoms with Gasteiger partial charge in [-0.25, -0.2) is 4.79 Å². The first-order valence-corrected chi connectivity index (χ1v) is 7.33. The molecular formula is C17H21NO3. The topological polar surface area (TPSA) is 38.8 Å². The van der Waals surface area contributed by atoms with Gasteiger partial charge in [0.15, 0.2) is 0 Å². The summed E-state index contributed by atoms with van der Waals surface area (Å²) in [5.41, 5.74) is 2.62. The fraction of sp³-hybridized carbons (Fsp3) is 0.471. The monoisotopic (exact) mass is 287 g/mol. The van der Waals surface area contributed by atoms with Crippen molar-refractivity contribution in [3.8, 4) is 0 Å². The molecule has 1 aromatic rings. The number of nitrogens with zero attached hydrogens (tertiary/aromatic N) is 1. The molecule has 0 unspecified atom stereocenters. The molecule has 0 bridgehead atoms. The molecule has 3 rings (SSSR count). The minimum absolute atomic E-state index is 0.149. The van der Waals surface area contributed by atoms with E-state index in [-0.39, 0.29) is 17.7 Å². The summed E-state index contributed by atoms with van der Waals surface area (Å²) in [5.74, 6) is -0.228. The molecule has 1 saturated heterocycles. The van der Waals surface area contributed by atoms with Gasteiger partial charge in [0.05, 0.1) is 25.3 Å². The number of rotatable bonds is 2. The third kappa shape index (κ3) is 2.23. The minimum atomic E-state index is -0.331. The predicted octanol–water partition coefficient (Wildman–Crippen LogP) is 3.02. The molecule has 0 aliphatic carbocycles. The number of fused-ring (bicyclic) bond motifs is 1.